The van der Waals surface area contributed by atoms with Gasteiger partial charge in [0, 0.05) is 30.9 Å². The summed E-state index contributed by atoms with van der Waals surface area (Å²) in [4.78, 5) is 16.6. The zero-order chi connectivity index (χ0) is 26.2. The number of carbonyl (C=O) groups excluding carboxylic acids is 1. The number of nitrogens with one attached hydrogen (secondary N) is 1. The molecule has 7 nitrogen and oxygen atoms in total. The minimum atomic E-state index is -3.28. The van der Waals surface area contributed by atoms with Crippen LogP contribution in [0.25, 0.3) is 17.2 Å². The van der Waals surface area contributed by atoms with Crippen molar-refractivity contribution in [2.45, 2.75) is 44.7 Å². The Balaban J connectivity index is 1.36. The van der Waals surface area contributed by atoms with E-state index in [0.717, 1.165) is 42.5 Å². The number of halogens is 1. The van der Waals surface area contributed by atoms with E-state index in [2.05, 4.69) is 16.4 Å². The molecule has 2 saturated carbocycles. The topological polar surface area (TPSA) is 88.6 Å². The number of allylic oxidation sites excluding steroid dienone is 1. The summed E-state index contributed by atoms with van der Waals surface area (Å²) >= 11 is 0. The first kappa shape index (κ1) is 25.9. The lowest BCUT2D eigenvalue weighted by atomic mass is 9.59. The molecule has 2 aromatic rings. The summed E-state index contributed by atoms with van der Waals surface area (Å²) in [5.41, 5.74) is 2.39. The lowest BCUT2D eigenvalue weighted by Gasteiger charge is -2.48. The van der Waals surface area contributed by atoms with Gasteiger partial charge in [-0.25, -0.2) is 21.9 Å². The summed E-state index contributed by atoms with van der Waals surface area (Å²) in [6, 6.07) is 10.3. The predicted octanol–water partition coefficient (Wildman–Crippen LogP) is 4.71. The Morgan fingerprint density at radius 1 is 1.19 bits per heavy atom. The normalized spacial score (nSPS) is 31.0. The fraction of sp³-hybridized carbons (Fsp3) is 0.500. The molecule has 6 atom stereocenters. The molecule has 2 heterocycles. The van der Waals surface area contributed by atoms with Crippen molar-refractivity contribution in [1.82, 2.24) is 14.6 Å². The van der Waals surface area contributed by atoms with Gasteiger partial charge < -0.3 is 10.1 Å². The van der Waals surface area contributed by atoms with E-state index >= 15 is 0 Å². The quantitative estimate of drug-likeness (QED) is 0.608. The van der Waals surface area contributed by atoms with E-state index in [1.807, 2.05) is 24.3 Å². The second kappa shape index (κ2) is 10.5. The number of sulfonamides is 1. The number of rotatable bonds is 5. The second-order valence-electron chi connectivity index (χ2n) is 10.5. The third-order valence-electron chi connectivity index (χ3n) is 8.41. The fourth-order valence-electron chi connectivity index (χ4n) is 6.64. The van der Waals surface area contributed by atoms with Crippen LogP contribution in [0.1, 0.15) is 38.3 Å². The van der Waals surface area contributed by atoms with Gasteiger partial charge in [0.05, 0.1) is 18.1 Å². The maximum Gasteiger partial charge on any atom is 0.407 e. The van der Waals surface area contributed by atoms with E-state index in [9.17, 15) is 17.6 Å². The van der Waals surface area contributed by atoms with Crippen molar-refractivity contribution in [3.8, 4) is 11.1 Å². The molecule has 5 rings (SSSR count). The lowest BCUT2D eigenvalue weighted by molar-refractivity contribution is 0.0407. The number of benzene rings is 1. The van der Waals surface area contributed by atoms with E-state index < -0.39 is 10.0 Å². The Morgan fingerprint density at radius 2 is 2.03 bits per heavy atom. The number of carbonyl (C=O) groups is 1. The highest BCUT2D eigenvalue weighted by Gasteiger charge is 2.53. The van der Waals surface area contributed by atoms with Crippen LogP contribution < -0.4 is 5.32 Å². The molecule has 3 aliphatic rings. The minimum Gasteiger partial charge on any atom is -0.450 e. The van der Waals surface area contributed by atoms with Crippen LogP contribution in [-0.4, -0.2) is 55.3 Å². The smallest absolute Gasteiger partial charge is 0.407 e. The molecule has 0 bridgehead atoms. The summed E-state index contributed by atoms with van der Waals surface area (Å²) in [7, 11) is -1.58. The first-order valence-electron chi connectivity index (χ1n) is 13.0. The summed E-state index contributed by atoms with van der Waals surface area (Å²) in [6.45, 7) is 2.12. The van der Waals surface area contributed by atoms with Gasteiger partial charge in [-0.05, 0) is 86.1 Å². The molecule has 6 unspecified atom stereocenters. The van der Waals surface area contributed by atoms with Crippen molar-refractivity contribution in [3.63, 3.8) is 0 Å². The van der Waals surface area contributed by atoms with Gasteiger partial charge in [0.25, 0.3) is 0 Å². The highest BCUT2D eigenvalue weighted by atomic mass is 32.2. The van der Waals surface area contributed by atoms with Gasteiger partial charge in [0.15, 0.2) is 0 Å². The zero-order valence-electron chi connectivity index (χ0n) is 21.2. The van der Waals surface area contributed by atoms with Crippen LogP contribution in [0.5, 0.6) is 0 Å². The molecule has 0 spiro atoms. The van der Waals surface area contributed by atoms with Crippen LogP contribution >= 0.6 is 0 Å². The molecule has 198 valence electrons. The van der Waals surface area contributed by atoms with Gasteiger partial charge in [-0.15, -0.1) is 0 Å². The molecule has 1 aromatic carbocycles. The Bertz CT molecular complexity index is 1270. The van der Waals surface area contributed by atoms with Crippen molar-refractivity contribution in [2.75, 3.05) is 19.4 Å². The van der Waals surface area contributed by atoms with Crippen LogP contribution in [0.2, 0.25) is 0 Å². The van der Waals surface area contributed by atoms with Crippen LogP contribution in [-0.2, 0) is 14.8 Å². The summed E-state index contributed by atoms with van der Waals surface area (Å²) in [5.74, 6) is 0.696. The number of alkyl carbamates (subject to hydrolysis) is 1. The molecular formula is C28H34FN3O4S. The van der Waals surface area contributed by atoms with Crippen LogP contribution in [0.15, 0.2) is 48.7 Å². The third-order valence-corrected chi connectivity index (χ3v) is 10.4. The lowest BCUT2D eigenvalue weighted by Crippen LogP contribution is -2.50. The monoisotopic (exact) mass is 527 g/mol. The van der Waals surface area contributed by atoms with Gasteiger partial charge in [-0.1, -0.05) is 24.3 Å². The first-order chi connectivity index (χ1) is 17.7. The number of pyridine rings is 1. The third kappa shape index (κ3) is 5.43. The number of fused-ring (bicyclic) bond motifs is 2. The van der Waals surface area contributed by atoms with Crippen LogP contribution in [0, 0.1) is 29.5 Å². The molecule has 3 fully saturated rings. The molecule has 1 aromatic heterocycles. The Morgan fingerprint density at radius 3 is 2.76 bits per heavy atom. The van der Waals surface area contributed by atoms with E-state index in [-0.39, 0.29) is 41.6 Å². The molecular weight excluding hydrogens is 493 g/mol. The van der Waals surface area contributed by atoms with E-state index in [1.165, 1.54) is 12.1 Å². The van der Waals surface area contributed by atoms with Crippen molar-refractivity contribution in [2.24, 2.45) is 23.7 Å². The fourth-order valence-corrected chi connectivity index (χ4v) is 8.46. The van der Waals surface area contributed by atoms with Crippen molar-refractivity contribution in [1.29, 1.82) is 0 Å². The Labute approximate surface area is 218 Å². The number of amides is 1. The molecule has 1 saturated heterocycles. The van der Waals surface area contributed by atoms with Crippen molar-refractivity contribution < 1.29 is 22.3 Å². The molecule has 0 radical (unpaired) electrons. The van der Waals surface area contributed by atoms with Gasteiger partial charge in [0.2, 0.25) is 10.0 Å². The van der Waals surface area contributed by atoms with E-state index in [1.54, 1.807) is 30.5 Å². The molecule has 37 heavy (non-hydrogen) atoms. The molecule has 1 amide bonds. The molecule has 1 N–H and O–H groups in total. The average Bonchev–Trinajstić information content (AvgIpc) is 3.10. The summed E-state index contributed by atoms with van der Waals surface area (Å²) in [6.07, 6.45) is 8.92. The Kier molecular flexibility index (Phi) is 7.36. The highest BCUT2D eigenvalue weighted by molar-refractivity contribution is 7.89. The predicted molar refractivity (Wildman–Crippen MR) is 140 cm³/mol. The van der Waals surface area contributed by atoms with Crippen LogP contribution in [0.4, 0.5) is 9.18 Å². The number of hydrogen-bond donors (Lipinski definition) is 1. The number of nitrogens with zero attached hydrogens (tertiary/aromatic N) is 2. The first-order valence-corrected chi connectivity index (χ1v) is 14.6. The van der Waals surface area contributed by atoms with Gasteiger partial charge in [-0.3, -0.25) is 4.98 Å². The standard InChI is InChI=1S/C28H34FN3O4S/c1-3-36-28(33)31-23-10-11-24-20(14-23)15-27-26(17-37(34,35)32(27)2)25(24)12-9-22-8-7-19(16-30-22)18-5-4-6-21(29)13-18/h4-9,12-13,16,20,23-27H,3,10-11,14-15,17H2,1-2H3,(H,31,33). The SMILES string of the molecule is CCOC(=O)NC1CCC2C(C1)CC1C(CS(=O)(=O)N1C)C2C=Cc1ccc(-c2cccc(F)c2)cn1. The maximum absolute atomic E-state index is 13.6. The second-order valence-corrected chi connectivity index (χ2v) is 12.6. The number of hydrogen-bond acceptors (Lipinski definition) is 5. The van der Waals surface area contributed by atoms with Crippen LogP contribution in [0.3, 0.4) is 0 Å². The molecule has 2 aliphatic carbocycles. The van der Waals surface area contributed by atoms with Gasteiger partial charge >= 0.3 is 6.09 Å². The van der Waals surface area contributed by atoms with Gasteiger partial charge in [0.1, 0.15) is 5.82 Å². The van der Waals surface area contributed by atoms with Crippen molar-refractivity contribution >= 4 is 22.2 Å². The summed E-state index contributed by atoms with van der Waals surface area (Å²) < 4.78 is 45.9. The molecule has 9 heteroatoms. The minimum absolute atomic E-state index is 0.0358. The summed E-state index contributed by atoms with van der Waals surface area (Å²) in [5, 5.41) is 2.99. The Hall–Kier alpha value is -2.78. The zero-order valence-corrected chi connectivity index (χ0v) is 22.0. The maximum atomic E-state index is 13.6. The number of aromatic nitrogens is 1. The van der Waals surface area contributed by atoms with E-state index in [0.29, 0.717) is 18.4 Å². The number of ether oxygens (including phenoxy) is 1. The highest BCUT2D eigenvalue weighted by Crippen LogP contribution is 2.51. The van der Waals surface area contributed by atoms with Crippen molar-refractivity contribution in [3.05, 3.63) is 60.2 Å². The van der Waals surface area contributed by atoms with Gasteiger partial charge in [-0.2, -0.15) is 0 Å². The average molecular weight is 528 g/mol. The molecule has 1 aliphatic heterocycles. The largest absolute Gasteiger partial charge is 0.450 e. The van der Waals surface area contributed by atoms with E-state index in [4.69, 9.17) is 4.74 Å².